The molecule has 0 bridgehead atoms. The number of aliphatic imine (C=N–C) groups is 1. The molecule has 1 aliphatic heterocycles. The number of nitrogens with two attached hydrogens (primary N) is 2. The Labute approximate surface area is 123 Å². The number of amidine groups is 1. The molecule has 0 aromatic heterocycles. The van der Waals surface area contributed by atoms with E-state index in [1.54, 1.807) is 24.3 Å². The number of nitrogens with one attached hydrogen (secondary N) is 1. The van der Waals surface area contributed by atoms with Gasteiger partial charge in [-0.2, -0.15) is 0 Å². The molecule has 1 aromatic carbocycles. The van der Waals surface area contributed by atoms with Crippen LogP contribution in [0, 0.1) is 5.41 Å². The third kappa shape index (κ3) is 2.74. The Kier molecular flexibility index (Phi) is 3.94. The van der Waals surface area contributed by atoms with E-state index >= 15 is 0 Å². The monoisotopic (exact) mass is 345 g/mol. The molecule has 0 spiro atoms. The van der Waals surface area contributed by atoms with Crippen molar-refractivity contribution in [2.45, 2.75) is 18.4 Å². The molecule has 1 fully saturated rings. The van der Waals surface area contributed by atoms with Crippen LogP contribution in [0.2, 0.25) is 0 Å². The van der Waals surface area contributed by atoms with Crippen LogP contribution >= 0.6 is 15.9 Å². The summed E-state index contributed by atoms with van der Waals surface area (Å²) in [6.07, 6.45) is -0.399. The zero-order valence-corrected chi connectivity index (χ0v) is 12.1. The van der Waals surface area contributed by atoms with Gasteiger partial charge in [0.25, 0.3) is 5.92 Å². The fraction of sp³-hybridized carbons (Fsp3) is 0.333. The van der Waals surface area contributed by atoms with E-state index in [-0.39, 0.29) is 12.4 Å². The molecular formula is C12H14BrF2N5. The number of rotatable bonds is 2. The van der Waals surface area contributed by atoms with Crippen molar-refractivity contribution in [3.05, 3.63) is 28.7 Å². The van der Waals surface area contributed by atoms with Gasteiger partial charge in [0.15, 0.2) is 12.0 Å². The van der Waals surface area contributed by atoms with E-state index in [2.05, 4.69) is 20.9 Å². The molecule has 8 heteroatoms. The van der Waals surface area contributed by atoms with Crippen LogP contribution in [-0.4, -0.2) is 35.2 Å². The molecule has 20 heavy (non-hydrogen) atoms. The normalized spacial score (nSPS) is 22.1. The van der Waals surface area contributed by atoms with Crippen LogP contribution in [0.4, 0.5) is 14.5 Å². The summed E-state index contributed by atoms with van der Waals surface area (Å²) >= 11 is 3.28. The number of para-hydroxylation sites is 1. The smallest absolute Gasteiger partial charge is 0.276 e. The van der Waals surface area contributed by atoms with E-state index in [1.165, 1.54) is 0 Å². The van der Waals surface area contributed by atoms with Crippen LogP contribution in [0.15, 0.2) is 33.7 Å². The predicted molar refractivity (Wildman–Crippen MR) is 77.4 cm³/mol. The molecular weight excluding hydrogens is 332 g/mol. The first-order valence-electron chi connectivity index (χ1n) is 5.90. The maximum Gasteiger partial charge on any atom is 0.276 e. The number of nitrogens with zero attached hydrogens (tertiary/aromatic N) is 2. The summed E-state index contributed by atoms with van der Waals surface area (Å²) in [5, 5.41) is 7.36. The van der Waals surface area contributed by atoms with E-state index < -0.39 is 24.3 Å². The van der Waals surface area contributed by atoms with Crippen LogP contribution < -0.4 is 11.5 Å². The van der Waals surface area contributed by atoms with E-state index in [0.29, 0.717) is 10.2 Å². The fourth-order valence-electron chi connectivity index (χ4n) is 2.14. The number of benzene rings is 1. The number of likely N-dealkylation sites (tertiary alicyclic amines) is 1. The molecule has 1 aromatic rings. The van der Waals surface area contributed by atoms with Gasteiger partial charge in [0.05, 0.1) is 5.69 Å². The number of guanidine groups is 1. The minimum Gasteiger partial charge on any atom is -0.385 e. The summed E-state index contributed by atoms with van der Waals surface area (Å²) in [6, 6.07) is 5.42. The molecule has 1 heterocycles. The Morgan fingerprint density at radius 1 is 1.40 bits per heavy atom. The molecule has 1 aliphatic rings. The van der Waals surface area contributed by atoms with Gasteiger partial charge in [-0.1, -0.05) is 12.1 Å². The van der Waals surface area contributed by atoms with Gasteiger partial charge in [-0.25, -0.2) is 13.8 Å². The largest absolute Gasteiger partial charge is 0.385 e. The lowest BCUT2D eigenvalue weighted by molar-refractivity contribution is -0.00144. The third-order valence-corrected chi connectivity index (χ3v) is 3.76. The highest BCUT2D eigenvalue weighted by Gasteiger charge is 2.51. The second kappa shape index (κ2) is 5.35. The number of hydrogen-bond acceptors (Lipinski definition) is 2. The predicted octanol–water partition coefficient (Wildman–Crippen LogP) is 2.04. The van der Waals surface area contributed by atoms with Gasteiger partial charge < -0.3 is 16.4 Å². The van der Waals surface area contributed by atoms with Crippen molar-refractivity contribution in [2.75, 3.05) is 6.54 Å². The van der Waals surface area contributed by atoms with Gasteiger partial charge in [0, 0.05) is 17.4 Å². The van der Waals surface area contributed by atoms with Crippen LogP contribution in [0.5, 0.6) is 0 Å². The highest BCUT2D eigenvalue weighted by atomic mass is 79.9. The minimum absolute atomic E-state index is 0.0147. The van der Waals surface area contributed by atoms with Crippen molar-refractivity contribution in [2.24, 2.45) is 16.5 Å². The van der Waals surface area contributed by atoms with Gasteiger partial charge in [-0.15, -0.1) is 0 Å². The summed E-state index contributed by atoms with van der Waals surface area (Å²) in [7, 11) is 0. The molecule has 5 N–H and O–H groups in total. The molecule has 1 unspecified atom stereocenters. The first-order valence-corrected chi connectivity index (χ1v) is 6.69. The van der Waals surface area contributed by atoms with Crippen LogP contribution in [0.3, 0.4) is 0 Å². The molecule has 2 rings (SSSR count). The van der Waals surface area contributed by atoms with Gasteiger partial charge >= 0.3 is 0 Å². The molecule has 1 saturated heterocycles. The standard InChI is InChI=1S/C12H14BrF2N5/c13-7-3-1-2-4-8(7)19-10(16)9-12(14,15)5-6-20(9)11(17)18/h1-4,9H,5-6H2,(H2,16,19)(H3,17,18). The van der Waals surface area contributed by atoms with Gasteiger partial charge in [-0.3, -0.25) is 5.41 Å². The molecule has 5 nitrogen and oxygen atoms in total. The lowest BCUT2D eigenvalue weighted by Crippen LogP contribution is -2.52. The van der Waals surface area contributed by atoms with E-state index in [0.717, 1.165) is 4.90 Å². The average molecular weight is 346 g/mol. The van der Waals surface area contributed by atoms with Crippen LogP contribution in [-0.2, 0) is 0 Å². The molecule has 0 radical (unpaired) electrons. The van der Waals surface area contributed by atoms with E-state index in [4.69, 9.17) is 16.9 Å². The minimum atomic E-state index is -3.06. The lowest BCUT2D eigenvalue weighted by atomic mass is 10.1. The third-order valence-electron chi connectivity index (χ3n) is 3.09. The van der Waals surface area contributed by atoms with Crippen molar-refractivity contribution in [3.63, 3.8) is 0 Å². The zero-order chi connectivity index (χ0) is 14.9. The number of halogens is 3. The second-order valence-corrected chi connectivity index (χ2v) is 5.33. The summed E-state index contributed by atoms with van der Waals surface area (Å²) in [4.78, 5) is 5.11. The fourth-order valence-corrected chi connectivity index (χ4v) is 2.51. The van der Waals surface area contributed by atoms with Crippen molar-refractivity contribution in [3.8, 4) is 0 Å². The molecule has 0 amide bonds. The highest BCUT2D eigenvalue weighted by Crippen LogP contribution is 2.35. The Morgan fingerprint density at radius 2 is 2.05 bits per heavy atom. The maximum atomic E-state index is 13.9. The van der Waals surface area contributed by atoms with Crippen LogP contribution in [0.1, 0.15) is 6.42 Å². The number of hydrogen-bond donors (Lipinski definition) is 3. The topological polar surface area (TPSA) is 91.5 Å². The van der Waals surface area contributed by atoms with E-state index in [1.807, 2.05) is 0 Å². The SMILES string of the molecule is N=C(N)N1CCC(F)(F)C1C(N)=Nc1ccccc1Br. The van der Waals surface area contributed by atoms with E-state index in [9.17, 15) is 8.78 Å². The van der Waals surface area contributed by atoms with Gasteiger partial charge in [0.1, 0.15) is 5.84 Å². The Hall–Kier alpha value is -1.70. The molecule has 0 aliphatic carbocycles. The molecule has 108 valence electrons. The molecule has 0 saturated carbocycles. The van der Waals surface area contributed by atoms with Crippen molar-refractivity contribution in [1.29, 1.82) is 5.41 Å². The second-order valence-electron chi connectivity index (χ2n) is 4.48. The molecule has 1 atom stereocenters. The van der Waals surface area contributed by atoms with Crippen LogP contribution in [0.25, 0.3) is 0 Å². The summed E-state index contributed by atoms with van der Waals surface area (Å²) < 4.78 is 28.5. The highest BCUT2D eigenvalue weighted by molar-refractivity contribution is 9.10. The first kappa shape index (κ1) is 14.7. The summed E-state index contributed by atoms with van der Waals surface area (Å²) in [5.74, 6) is -3.74. The van der Waals surface area contributed by atoms with Gasteiger partial charge in [-0.05, 0) is 28.1 Å². The first-order chi connectivity index (χ1) is 9.33. The van der Waals surface area contributed by atoms with Crippen molar-refractivity contribution >= 4 is 33.4 Å². The van der Waals surface area contributed by atoms with Gasteiger partial charge in [0.2, 0.25) is 0 Å². The van der Waals surface area contributed by atoms with Crippen molar-refractivity contribution in [1.82, 2.24) is 4.90 Å². The van der Waals surface area contributed by atoms with Crippen molar-refractivity contribution < 1.29 is 8.78 Å². The number of alkyl halides is 2. The summed E-state index contributed by atoms with van der Waals surface area (Å²) in [5.41, 5.74) is 11.5. The Morgan fingerprint density at radius 3 is 2.65 bits per heavy atom. The maximum absolute atomic E-state index is 13.9. The Balaban J connectivity index is 2.37. The summed E-state index contributed by atoms with van der Waals surface area (Å²) in [6.45, 7) is -0.0147. The lowest BCUT2D eigenvalue weighted by Gasteiger charge is -2.27. The zero-order valence-electron chi connectivity index (χ0n) is 10.5. The Bertz CT molecular complexity index is 561. The quantitative estimate of drug-likeness (QED) is 0.565. The average Bonchev–Trinajstić information content (AvgIpc) is 2.68.